The van der Waals surface area contributed by atoms with Gasteiger partial charge in [-0.3, -0.25) is 0 Å². The van der Waals surface area contributed by atoms with Gasteiger partial charge in [-0.1, -0.05) is 24.3 Å². The summed E-state index contributed by atoms with van der Waals surface area (Å²) in [4.78, 5) is 8.28. The normalized spacial score (nSPS) is 11.9. The lowest BCUT2D eigenvalue weighted by Gasteiger charge is -2.20. The number of nitriles is 2. The number of nitrogens with zero attached hydrogens (tertiary/aromatic N) is 5. The summed E-state index contributed by atoms with van der Waals surface area (Å²) in [6.45, 7) is 0.0568. The first-order valence-corrected chi connectivity index (χ1v) is 10.6. The molecule has 1 unspecified atom stereocenters. The first-order chi connectivity index (χ1) is 17.3. The van der Waals surface area contributed by atoms with Crippen LogP contribution in [0.3, 0.4) is 0 Å². The first kappa shape index (κ1) is 24.5. The molecule has 0 saturated carbocycles. The number of imidazole rings is 1. The second-order valence-corrected chi connectivity index (χ2v) is 7.77. The van der Waals surface area contributed by atoms with E-state index >= 15 is 0 Å². The molecule has 0 aliphatic heterocycles. The Kier molecular flexibility index (Phi) is 7.00. The van der Waals surface area contributed by atoms with Crippen molar-refractivity contribution in [2.45, 2.75) is 19.1 Å². The van der Waals surface area contributed by atoms with Gasteiger partial charge in [-0.25, -0.2) is 9.97 Å². The van der Waals surface area contributed by atoms with E-state index < -0.39 is 12.5 Å². The number of halogens is 3. The van der Waals surface area contributed by atoms with Gasteiger partial charge in [0.25, 0.3) is 0 Å². The average Bonchev–Trinajstić information content (AvgIpc) is 3.29. The van der Waals surface area contributed by atoms with Crippen LogP contribution in [0.15, 0.2) is 73.3 Å². The molecular formula is C26H18F3N5O2. The third-order valence-electron chi connectivity index (χ3n) is 5.35. The van der Waals surface area contributed by atoms with Gasteiger partial charge in [-0.15, -0.1) is 13.2 Å². The third kappa shape index (κ3) is 5.69. The standard InChI is InChI=1S/C26H18F3N5O2/c1-34-16-32-14-24(34)25(19-7-8-21(12-31)33-13-19)35-15-20-6-5-17(11-30)9-23(20)18-3-2-4-22(10-18)36-26(27,28)29/h2-10,13-14,16,25H,15H2,1H3. The molecule has 2 aromatic carbocycles. The van der Waals surface area contributed by atoms with Crippen molar-refractivity contribution in [1.29, 1.82) is 10.5 Å². The summed E-state index contributed by atoms with van der Waals surface area (Å²) in [5.74, 6) is -0.370. The van der Waals surface area contributed by atoms with E-state index in [0.29, 0.717) is 27.8 Å². The number of benzene rings is 2. The van der Waals surface area contributed by atoms with E-state index in [-0.39, 0.29) is 18.1 Å². The second-order valence-electron chi connectivity index (χ2n) is 7.77. The molecule has 1 atom stereocenters. The van der Waals surface area contributed by atoms with Crippen molar-refractivity contribution >= 4 is 0 Å². The van der Waals surface area contributed by atoms with Crippen LogP contribution in [0.2, 0.25) is 0 Å². The summed E-state index contributed by atoms with van der Waals surface area (Å²) < 4.78 is 50.4. The fourth-order valence-electron chi connectivity index (χ4n) is 3.67. The number of rotatable bonds is 7. The summed E-state index contributed by atoms with van der Waals surface area (Å²) in [5.41, 5.74) is 3.64. The monoisotopic (exact) mass is 489 g/mol. The Hall–Kier alpha value is -4.67. The number of hydrogen-bond donors (Lipinski definition) is 0. The molecule has 0 radical (unpaired) electrons. The quantitative estimate of drug-likeness (QED) is 0.343. The molecule has 4 rings (SSSR count). The third-order valence-corrected chi connectivity index (χ3v) is 5.35. The van der Waals surface area contributed by atoms with E-state index in [0.717, 1.165) is 5.69 Å². The molecule has 0 N–H and O–H groups in total. The fourth-order valence-corrected chi connectivity index (χ4v) is 3.67. The van der Waals surface area contributed by atoms with Crippen molar-refractivity contribution in [2.24, 2.45) is 7.05 Å². The van der Waals surface area contributed by atoms with Crippen LogP contribution < -0.4 is 4.74 Å². The SMILES string of the molecule is Cn1cncc1C(OCc1ccc(C#N)cc1-c1cccc(OC(F)(F)F)c1)c1ccc(C#N)nc1. The highest BCUT2D eigenvalue weighted by atomic mass is 19.4. The molecule has 2 heterocycles. The topological polar surface area (TPSA) is 96.8 Å². The molecule has 0 spiro atoms. The van der Waals surface area contributed by atoms with Crippen molar-refractivity contribution in [1.82, 2.24) is 14.5 Å². The number of alkyl halides is 3. The van der Waals surface area contributed by atoms with Gasteiger partial charge in [-0.2, -0.15) is 10.5 Å². The molecule has 36 heavy (non-hydrogen) atoms. The van der Waals surface area contributed by atoms with Crippen molar-refractivity contribution in [2.75, 3.05) is 0 Å². The van der Waals surface area contributed by atoms with Crippen LogP contribution in [0.4, 0.5) is 13.2 Å². The Bertz CT molecular complexity index is 1450. The van der Waals surface area contributed by atoms with E-state index in [1.165, 1.54) is 18.2 Å². The lowest BCUT2D eigenvalue weighted by molar-refractivity contribution is -0.274. The van der Waals surface area contributed by atoms with Crippen LogP contribution in [0.5, 0.6) is 5.75 Å². The van der Waals surface area contributed by atoms with Gasteiger partial charge in [0.05, 0.1) is 36.5 Å². The average molecular weight is 489 g/mol. The Labute approximate surface area is 204 Å². The van der Waals surface area contributed by atoms with Crippen molar-refractivity contribution in [3.05, 3.63) is 101 Å². The first-order valence-electron chi connectivity index (χ1n) is 10.6. The highest BCUT2D eigenvalue weighted by molar-refractivity contribution is 5.70. The van der Waals surface area contributed by atoms with Gasteiger partial charge >= 0.3 is 6.36 Å². The molecule has 0 bridgehead atoms. The molecule has 7 nitrogen and oxygen atoms in total. The smallest absolute Gasteiger partial charge is 0.406 e. The zero-order chi connectivity index (χ0) is 25.7. The zero-order valence-corrected chi connectivity index (χ0v) is 18.9. The lowest BCUT2D eigenvalue weighted by atomic mass is 9.97. The minimum absolute atomic E-state index is 0.0568. The fraction of sp³-hybridized carbons (Fsp3) is 0.154. The molecule has 2 aromatic heterocycles. The number of hydrogen-bond acceptors (Lipinski definition) is 6. The number of ether oxygens (including phenoxy) is 2. The molecule has 0 aliphatic carbocycles. The molecule has 180 valence electrons. The van der Waals surface area contributed by atoms with Gasteiger partial charge in [0.2, 0.25) is 0 Å². The van der Waals surface area contributed by atoms with Gasteiger partial charge in [-0.05, 0) is 47.0 Å². The number of aryl methyl sites for hydroxylation is 1. The Morgan fingerprint density at radius 1 is 1.03 bits per heavy atom. The highest BCUT2D eigenvalue weighted by Gasteiger charge is 2.31. The molecule has 4 aromatic rings. The summed E-state index contributed by atoms with van der Waals surface area (Å²) >= 11 is 0. The maximum absolute atomic E-state index is 12.7. The van der Waals surface area contributed by atoms with Gasteiger partial charge in [0, 0.05) is 18.8 Å². The zero-order valence-electron chi connectivity index (χ0n) is 18.9. The number of aromatic nitrogens is 3. The van der Waals surface area contributed by atoms with Crippen molar-refractivity contribution in [3.8, 4) is 29.0 Å². The number of pyridine rings is 1. The Morgan fingerprint density at radius 3 is 2.50 bits per heavy atom. The maximum Gasteiger partial charge on any atom is 0.573 e. The highest BCUT2D eigenvalue weighted by Crippen LogP contribution is 2.33. The van der Waals surface area contributed by atoms with Crippen molar-refractivity contribution in [3.63, 3.8) is 0 Å². The second kappa shape index (κ2) is 10.3. The summed E-state index contributed by atoms with van der Waals surface area (Å²) in [7, 11) is 1.81. The van der Waals surface area contributed by atoms with E-state index in [1.54, 1.807) is 59.7 Å². The lowest BCUT2D eigenvalue weighted by Crippen LogP contribution is -2.17. The van der Waals surface area contributed by atoms with Gasteiger partial charge in [0.1, 0.15) is 23.6 Å². The predicted molar refractivity (Wildman–Crippen MR) is 122 cm³/mol. The Balaban J connectivity index is 1.69. The largest absolute Gasteiger partial charge is 0.573 e. The maximum atomic E-state index is 12.7. The minimum atomic E-state index is -4.83. The molecule has 10 heteroatoms. The summed E-state index contributed by atoms with van der Waals surface area (Å²) in [6.07, 6.45) is -0.595. The molecular weight excluding hydrogens is 471 g/mol. The van der Waals surface area contributed by atoms with Gasteiger partial charge < -0.3 is 14.0 Å². The van der Waals surface area contributed by atoms with E-state index in [2.05, 4.69) is 20.8 Å². The summed E-state index contributed by atoms with van der Waals surface area (Å²) in [5, 5.41) is 18.4. The molecule has 0 fully saturated rings. The van der Waals surface area contributed by atoms with Gasteiger partial charge in [0.15, 0.2) is 0 Å². The van der Waals surface area contributed by atoms with Crippen molar-refractivity contribution < 1.29 is 22.6 Å². The molecule has 0 saturated heterocycles. The van der Waals surface area contributed by atoms with E-state index in [4.69, 9.17) is 10.00 Å². The molecule has 0 amide bonds. The van der Waals surface area contributed by atoms with Crippen LogP contribution in [0.25, 0.3) is 11.1 Å². The van der Waals surface area contributed by atoms with E-state index in [9.17, 15) is 18.4 Å². The minimum Gasteiger partial charge on any atom is -0.406 e. The van der Waals surface area contributed by atoms with Crippen LogP contribution in [-0.2, 0) is 18.4 Å². The Morgan fingerprint density at radius 2 is 1.86 bits per heavy atom. The summed E-state index contributed by atoms with van der Waals surface area (Å²) in [6, 6.07) is 17.8. The van der Waals surface area contributed by atoms with Crippen LogP contribution in [0, 0.1) is 22.7 Å². The molecule has 0 aliphatic rings. The van der Waals surface area contributed by atoms with Crippen LogP contribution in [-0.4, -0.2) is 20.9 Å². The van der Waals surface area contributed by atoms with E-state index in [1.807, 2.05) is 13.1 Å². The van der Waals surface area contributed by atoms with Crippen LogP contribution in [0.1, 0.15) is 34.2 Å². The predicted octanol–water partition coefficient (Wildman–Crippen LogP) is 5.43. The van der Waals surface area contributed by atoms with Crippen LogP contribution >= 0.6 is 0 Å².